The minimum Gasteiger partial charge on any atom is -0.381 e. The Morgan fingerprint density at radius 2 is 1.88 bits per heavy atom. The number of anilines is 1. The van der Waals surface area contributed by atoms with Gasteiger partial charge in [0.05, 0.1) is 5.69 Å². The van der Waals surface area contributed by atoms with Crippen LogP contribution in [0.3, 0.4) is 0 Å². The zero-order valence-electron chi connectivity index (χ0n) is 8.32. The highest BCUT2D eigenvalue weighted by Crippen LogP contribution is 2.16. The third-order valence-electron chi connectivity index (χ3n) is 2.17. The van der Waals surface area contributed by atoms with Crippen molar-refractivity contribution >= 4 is 21.7 Å². The molecule has 2 aromatic rings. The number of nitrogens with two attached hydrogens (primary N) is 1. The van der Waals surface area contributed by atoms with E-state index in [1.165, 1.54) is 6.33 Å². The van der Waals surface area contributed by atoms with Crippen LogP contribution in [0.4, 0.5) is 10.2 Å². The average molecular weight is 282 g/mol. The molecule has 0 aliphatic rings. The van der Waals surface area contributed by atoms with E-state index in [1.807, 2.05) is 24.3 Å². The van der Waals surface area contributed by atoms with Crippen molar-refractivity contribution in [3.8, 4) is 0 Å². The molecule has 0 bridgehead atoms. The molecule has 0 aliphatic heterocycles. The van der Waals surface area contributed by atoms with E-state index in [0.29, 0.717) is 12.1 Å². The smallest absolute Gasteiger partial charge is 0.187 e. The summed E-state index contributed by atoms with van der Waals surface area (Å²) in [4.78, 5) is 7.46. The molecule has 0 radical (unpaired) electrons. The standard InChI is InChI=1S/C11H9BrFN3/c12-8-3-1-7(2-4-8)5-9-10(13)11(14)16-6-15-9/h1-4,6H,5H2,(H2,14,15,16). The van der Waals surface area contributed by atoms with Crippen LogP contribution in [0.5, 0.6) is 0 Å². The van der Waals surface area contributed by atoms with Gasteiger partial charge in [0.1, 0.15) is 6.33 Å². The Hall–Kier alpha value is -1.49. The average Bonchev–Trinajstić information content (AvgIpc) is 2.28. The van der Waals surface area contributed by atoms with Crippen LogP contribution < -0.4 is 5.73 Å². The van der Waals surface area contributed by atoms with Gasteiger partial charge in [0, 0.05) is 10.9 Å². The molecule has 0 fully saturated rings. The summed E-state index contributed by atoms with van der Waals surface area (Å²) in [5.74, 6) is -0.646. The first kappa shape index (κ1) is 11.0. The van der Waals surface area contributed by atoms with Crippen LogP contribution in [0.25, 0.3) is 0 Å². The predicted octanol–water partition coefficient (Wildman–Crippen LogP) is 2.55. The van der Waals surface area contributed by atoms with Gasteiger partial charge in [0.2, 0.25) is 0 Å². The fourth-order valence-corrected chi connectivity index (χ4v) is 1.61. The minimum atomic E-state index is -0.537. The van der Waals surface area contributed by atoms with Crippen molar-refractivity contribution < 1.29 is 4.39 Å². The summed E-state index contributed by atoms with van der Waals surface area (Å²) < 4.78 is 14.5. The van der Waals surface area contributed by atoms with Crippen molar-refractivity contribution in [2.75, 3.05) is 5.73 Å². The molecule has 0 spiro atoms. The van der Waals surface area contributed by atoms with Crippen LogP contribution in [-0.4, -0.2) is 9.97 Å². The Labute approximate surface area is 101 Å². The monoisotopic (exact) mass is 281 g/mol. The maximum absolute atomic E-state index is 13.5. The minimum absolute atomic E-state index is 0.109. The van der Waals surface area contributed by atoms with Crippen LogP contribution in [0.2, 0.25) is 0 Å². The fourth-order valence-electron chi connectivity index (χ4n) is 1.34. The van der Waals surface area contributed by atoms with Crippen LogP contribution in [0.15, 0.2) is 35.1 Å². The van der Waals surface area contributed by atoms with Gasteiger partial charge in [-0.25, -0.2) is 14.4 Å². The Kier molecular flexibility index (Phi) is 3.14. The molecule has 0 aliphatic carbocycles. The highest BCUT2D eigenvalue weighted by molar-refractivity contribution is 9.10. The quantitative estimate of drug-likeness (QED) is 0.921. The number of rotatable bonds is 2. The second-order valence-electron chi connectivity index (χ2n) is 3.32. The maximum Gasteiger partial charge on any atom is 0.187 e. The van der Waals surface area contributed by atoms with E-state index in [0.717, 1.165) is 10.0 Å². The molecule has 3 nitrogen and oxygen atoms in total. The van der Waals surface area contributed by atoms with E-state index in [1.54, 1.807) is 0 Å². The summed E-state index contributed by atoms with van der Waals surface area (Å²) in [5, 5.41) is 0. The summed E-state index contributed by atoms with van der Waals surface area (Å²) in [6, 6.07) is 7.61. The largest absolute Gasteiger partial charge is 0.381 e. The van der Waals surface area contributed by atoms with Crippen molar-refractivity contribution in [2.45, 2.75) is 6.42 Å². The van der Waals surface area contributed by atoms with Gasteiger partial charge >= 0.3 is 0 Å². The topological polar surface area (TPSA) is 51.8 Å². The Morgan fingerprint density at radius 1 is 1.19 bits per heavy atom. The molecule has 16 heavy (non-hydrogen) atoms. The van der Waals surface area contributed by atoms with Gasteiger partial charge in [-0.3, -0.25) is 0 Å². The number of hydrogen-bond donors (Lipinski definition) is 1. The van der Waals surface area contributed by atoms with Gasteiger partial charge in [-0.05, 0) is 17.7 Å². The maximum atomic E-state index is 13.5. The van der Waals surface area contributed by atoms with Gasteiger partial charge < -0.3 is 5.73 Å². The van der Waals surface area contributed by atoms with Crippen molar-refractivity contribution in [1.82, 2.24) is 9.97 Å². The van der Waals surface area contributed by atoms with Gasteiger partial charge in [-0.1, -0.05) is 28.1 Å². The summed E-state index contributed by atoms with van der Waals surface area (Å²) in [6.45, 7) is 0. The van der Waals surface area contributed by atoms with Gasteiger partial charge in [-0.2, -0.15) is 0 Å². The van der Waals surface area contributed by atoms with E-state index in [-0.39, 0.29) is 5.82 Å². The van der Waals surface area contributed by atoms with E-state index in [9.17, 15) is 4.39 Å². The second-order valence-corrected chi connectivity index (χ2v) is 4.24. The molecular weight excluding hydrogens is 273 g/mol. The SMILES string of the molecule is Nc1ncnc(Cc2ccc(Br)cc2)c1F. The highest BCUT2D eigenvalue weighted by Gasteiger charge is 2.08. The fraction of sp³-hybridized carbons (Fsp3) is 0.0909. The van der Waals surface area contributed by atoms with Crippen LogP contribution in [0, 0.1) is 5.82 Å². The van der Waals surface area contributed by atoms with Gasteiger partial charge in [0.15, 0.2) is 11.6 Å². The van der Waals surface area contributed by atoms with Crippen molar-refractivity contribution in [2.24, 2.45) is 0 Å². The summed E-state index contributed by atoms with van der Waals surface area (Å²) in [5.41, 5.74) is 6.65. The summed E-state index contributed by atoms with van der Waals surface area (Å²) in [7, 11) is 0. The van der Waals surface area contributed by atoms with E-state index < -0.39 is 5.82 Å². The molecule has 0 amide bonds. The lowest BCUT2D eigenvalue weighted by Crippen LogP contribution is -2.03. The molecule has 0 unspecified atom stereocenters. The zero-order chi connectivity index (χ0) is 11.5. The first-order chi connectivity index (χ1) is 7.66. The summed E-state index contributed by atoms with van der Waals surface area (Å²) in [6.07, 6.45) is 1.68. The molecule has 0 atom stereocenters. The molecular formula is C11H9BrFN3. The number of nitrogen functional groups attached to an aromatic ring is 1. The third kappa shape index (κ3) is 2.36. The molecule has 1 heterocycles. The highest BCUT2D eigenvalue weighted by atomic mass is 79.9. The molecule has 0 saturated heterocycles. The number of aromatic nitrogens is 2. The van der Waals surface area contributed by atoms with E-state index in [2.05, 4.69) is 25.9 Å². The lowest BCUT2D eigenvalue weighted by Gasteiger charge is -2.03. The first-order valence-corrected chi connectivity index (χ1v) is 5.45. The van der Waals surface area contributed by atoms with Crippen molar-refractivity contribution in [3.63, 3.8) is 0 Å². The summed E-state index contributed by atoms with van der Waals surface area (Å²) >= 11 is 3.34. The normalized spacial score (nSPS) is 10.4. The molecule has 0 saturated carbocycles. The number of benzene rings is 1. The Bertz CT molecular complexity index is 499. The van der Waals surface area contributed by atoms with E-state index in [4.69, 9.17) is 5.73 Å². The van der Waals surface area contributed by atoms with Crippen molar-refractivity contribution in [3.05, 3.63) is 52.1 Å². The van der Waals surface area contributed by atoms with Crippen LogP contribution in [0.1, 0.15) is 11.3 Å². The van der Waals surface area contributed by atoms with E-state index >= 15 is 0 Å². The zero-order valence-corrected chi connectivity index (χ0v) is 9.91. The molecule has 2 N–H and O–H groups in total. The van der Waals surface area contributed by atoms with Gasteiger partial charge in [-0.15, -0.1) is 0 Å². The third-order valence-corrected chi connectivity index (χ3v) is 2.70. The van der Waals surface area contributed by atoms with Gasteiger partial charge in [0.25, 0.3) is 0 Å². The predicted molar refractivity (Wildman–Crippen MR) is 63.4 cm³/mol. The Balaban J connectivity index is 2.27. The molecule has 82 valence electrons. The Morgan fingerprint density at radius 3 is 2.56 bits per heavy atom. The number of halogens is 2. The van der Waals surface area contributed by atoms with Crippen molar-refractivity contribution in [1.29, 1.82) is 0 Å². The van der Waals surface area contributed by atoms with Crippen LogP contribution in [-0.2, 0) is 6.42 Å². The number of nitrogens with zero attached hydrogens (tertiary/aromatic N) is 2. The molecule has 2 rings (SSSR count). The lowest BCUT2D eigenvalue weighted by molar-refractivity contribution is 0.602. The number of hydrogen-bond acceptors (Lipinski definition) is 3. The molecule has 1 aromatic heterocycles. The molecule has 5 heteroatoms. The second kappa shape index (κ2) is 4.57. The first-order valence-electron chi connectivity index (χ1n) is 4.66. The van der Waals surface area contributed by atoms with Crippen LogP contribution >= 0.6 is 15.9 Å². The molecule has 1 aromatic carbocycles. The lowest BCUT2D eigenvalue weighted by atomic mass is 10.1.